The number of likely N-dealkylation sites (N-methyl/N-ethyl adjacent to an activating group) is 1. The lowest BCUT2D eigenvalue weighted by molar-refractivity contribution is -0.162. The van der Waals surface area contributed by atoms with Gasteiger partial charge in [0, 0.05) is 35.2 Å². The smallest absolute Gasteiger partial charge is 0.311 e. The van der Waals surface area contributed by atoms with Gasteiger partial charge in [-0.05, 0) is 50.1 Å². The van der Waals surface area contributed by atoms with Crippen LogP contribution >= 0.6 is 11.6 Å². The van der Waals surface area contributed by atoms with Crippen LogP contribution in [0.15, 0.2) is 18.2 Å². The first kappa shape index (κ1) is 15.0. The summed E-state index contributed by atoms with van der Waals surface area (Å²) in [4.78, 5) is 14.3. The molecule has 2 aromatic rings. The number of nitrogens with zero attached hydrogens (tertiary/aromatic N) is 2. The highest BCUT2D eigenvalue weighted by Crippen LogP contribution is 2.55. The molecule has 0 amide bonds. The van der Waals surface area contributed by atoms with E-state index in [4.69, 9.17) is 11.6 Å². The average molecular weight is 333 g/mol. The number of hydrogen-bond acceptors (Lipinski definition) is 2. The van der Waals surface area contributed by atoms with Crippen LogP contribution in [0.1, 0.15) is 36.6 Å². The molecule has 2 aliphatic rings. The number of benzene rings is 1. The van der Waals surface area contributed by atoms with E-state index in [1.165, 1.54) is 10.9 Å². The molecule has 0 saturated heterocycles. The van der Waals surface area contributed by atoms with Crippen LogP contribution in [-0.2, 0) is 18.3 Å². The summed E-state index contributed by atoms with van der Waals surface area (Å²) in [5.74, 6) is -0.656. The number of fused-ring (bicyclic) bond motifs is 3. The Balaban J connectivity index is 1.98. The highest BCUT2D eigenvalue weighted by Gasteiger charge is 2.55. The first-order chi connectivity index (χ1) is 11.0. The Morgan fingerprint density at radius 1 is 1.35 bits per heavy atom. The van der Waals surface area contributed by atoms with Gasteiger partial charge in [0.25, 0.3) is 0 Å². The summed E-state index contributed by atoms with van der Waals surface area (Å²) in [6.45, 7) is 0.887. The van der Waals surface area contributed by atoms with Gasteiger partial charge in [-0.3, -0.25) is 9.69 Å². The van der Waals surface area contributed by atoms with Crippen LogP contribution in [0.4, 0.5) is 0 Å². The quantitative estimate of drug-likeness (QED) is 0.913. The van der Waals surface area contributed by atoms with E-state index in [1.807, 2.05) is 18.2 Å². The number of hydrogen-bond donors (Lipinski definition) is 1. The third-order valence-electron chi connectivity index (χ3n) is 5.93. The molecule has 23 heavy (non-hydrogen) atoms. The number of aryl methyl sites for hydroxylation is 1. The first-order valence-electron chi connectivity index (χ1n) is 8.16. The summed E-state index contributed by atoms with van der Waals surface area (Å²) in [5.41, 5.74) is 2.94. The average Bonchev–Trinajstić information content (AvgIpc) is 2.72. The van der Waals surface area contributed by atoms with Gasteiger partial charge in [-0.15, -0.1) is 0 Å². The predicted octanol–water partition coefficient (Wildman–Crippen LogP) is 3.62. The van der Waals surface area contributed by atoms with Crippen LogP contribution in [-0.4, -0.2) is 34.1 Å². The third kappa shape index (κ3) is 1.91. The zero-order valence-corrected chi connectivity index (χ0v) is 14.2. The summed E-state index contributed by atoms with van der Waals surface area (Å²) in [5, 5.41) is 11.8. The van der Waals surface area contributed by atoms with Crippen LogP contribution in [0.5, 0.6) is 0 Å². The molecule has 1 aliphatic carbocycles. The summed E-state index contributed by atoms with van der Waals surface area (Å²) in [6, 6.07) is 5.91. The molecule has 1 aliphatic heterocycles. The first-order valence-corrected chi connectivity index (χ1v) is 8.54. The molecule has 1 N–H and O–H groups in total. The van der Waals surface area contributed by atoms with Crippen molar-refractivity contribution in [2.75, 3.05) is 13.6 Å². The molecule has 122 valence electrons. The van der Waals surface area contributed by atoms with Crippen molar-refractivity contribution in [1.29, 1.82) is 0 Å². The number of carboxylic acid groups (broad SMARTS) is 1. The number of aromatic nitrogens is 1. The third-order valence-corrected chi connectivity index (χ3v) is 6.16. The molecule has 4 nitrogen and oxygen atoms in total. The Bertz CT molecular complexity index is 807. The molecule has 2 heterocycles. The van der Waals surface area contributed by atoms with Crippen molar-refractivity contribution in [1.82, 2.24) is 9.47 Å². The largest absolute Gasteiger partial charge is 0.481 e. The van der Waals surface area contributed by atoms with Crippen molar-refractivity contribution < 1.29 is 9.90 Å². The van der Waals surface area contributed by atoms with Gasteiger partial charge in [-0.2, -0.15) is 0 Å². The number of carboxylic acids is 1. The van der Waals surface area contributed by atoms with Gasteiger partial charge >= 0.3 is 5.97 Å². The lowest BCUT2D eigenvalue weighted by Crippen LogP contribution is -2.51. The van der Waals surface area contributed by atoms with Crippen molar-refractivity contribution in [2.24, 2.45) is 12.5 Å². The maximum Gasteiger partial charge on any atom is 0.311 e. The van der Waals surface area contributed by atoms with Crippen LogP contribution in [0.3, 0.4) is 0 Å². The van der Waals surface area contributed by atoms with E-state index in [0.29, 0.717) is 0 Å². The maximum atomic E-state index is 12.1. The minimum atomic E-state index is -0.656. The Kier molecular flexibility index (Phi) is 3.26. The topological polar surface area (TPSA) is 45.5 Å². The second-order valence-electron chi connectivity index (χ2n) is 7.03. The zero-order valence-electron chi connectivity index (χ0n) is 13.5. The Labute approximate surface area is 140 Å². The molecule has 5 heteroatoms. The number of rotatable bonds is 2. The molecule has 1 aromatic heterocycles. The predicted molar refractivity (Wildman–Crippen MR) is 90.9 cm³/mol. The van der Waals surface area contributed by atoms with Crippen LogP contribution < -0.4 is 0 Å². The lowest BCUT2D eigenvalue weighted by Gasteiger charge is -2.49. The summed E-state index contributed by atoms with van der Waals surface area (Å²) >= 11 is 6.20. The highest BCUT2D eigenvalue weighted by molar-refractivity contribution is 6.31. The van der Waals surface area contributed by atoms with Crippen LogP contribution in [0.25, 0.3) is 10.9 Å². The van der Waals surface area contributed by atoms with E-state index in [0.717, 1.165) is 48.5 Å². The summed E-state index contributed by atoms with van der Waals surface area (Å²) in [6.07, 6.45) is 3.47. The molecular formula is C18H21ClN2O2. The van der Waals surface area contributed by atoms with Crippen molar-refractivity contribution >= 4 is 28.5 Å². The van der Waals surface area contributed by atoms with Gasteiger partial charge in [-0.1, -0.05) is 18.0 Å². The molecule has 1 atom stereocenters. The minimum absolute atomic E-state index is 0.0614. The number of halogens is 1. The second kappa shape index (κ2) is 4.99. The van der Waals surface area contributed by atoms with E-state index >= 15 is 0 Å². The molecule has 1 unspecified atom stereocenters. The molecule has 1 aromatic carbocycles. The minimum Gasteiger partial charge on any atom is -0.481 e. The van der Waals surface area contributed by atoms with E-state index in [1.54, 1.807) is 0 Å². The molecular weight excluding hydrogens is 312 g/mol. The van der Waals surface area contributed by atoms with Crippen molar-refractivity contribution in [3.8, 4) is 0 Å². The van der Waals surface area contributed by atoms with Gasteiger partial charge < -0.3 is 9.67 Å². The zero-order chi connectivity index (χ0) is 16.4. The van der Waals surface area contributed by atoms with Gasteiger partial charge in [-0.25, -0.2) is 0 Å². The van der Waals surface area contributed by atoms with Gasteiger partial charge in [0.1, 0.15) is 0 Å². The van der Waals surface area contributed by atoms with Crippen molar-refractivity contribution in [3.63, 3.8) is 0 Å². The Hall–Kier alpha value is -1.52. The lowest BCUT2D eigenvalue weighted by atomic mass is 9.61. The molecule has 0 bridgehead atoms. The molecule has 0 radical (unpaired) electrons. The molecule has 4 rings (SSSR count). The second-order valence-corrected chi connectivity index (χ2v) is 7.47. The Morgan fingerprint density at radius 3 is 2.70 bits per heavy atom. The van der Waals surface area contributed by atoms with Gasteiger partial charge in [0.05, 0.1) is 11.5 Å². The number of carbonyl (C=O) groups is 1. The molecule has 0 spiro atoms. The fraction of sp³-hybridized carbons (Fsp3) is 0.500. The maximum absolute atomic E-state index is 12.1. The van der Waals surface area contributed by atoms with Gasteiger partial charge in [0.2, 0.25) is 0 Å². The highest BCUT2D eigenvalue weighted by atomic mass is 35.5. The number of aliphatic carboxylic acids is 1. The summed E-state index contributed by atoms with van der Waals surface area (Å²) in [7, 11) is 4.11. The van der Waals surface area contributed by atoms with Crippen LogP contribution in [0, 0.1) is 5.41 Å². The van der Waals surface area contributed by atoms with Crippen molar-refractivity contribution in [2.45, 2.75) is 31.7 Å². The fourth-order valence-electron chi connectivity index (χ4n) is 4.60. The SMILES string of the molecule is CN1CCc2c(n(C)c3ccc(Cl)cc23)C1C1(C(=O)O)CCC1. The van der Waals surface area contributed by atoms with Crippen molar-refractivity contribution in [3.05, 3.63) is 34.5 Å². The van der Waals surface area contributed by atoms with Crippen LogP contribution in [0.2, 0.25) is 5.02 Å². The normalized spacial score (nSPS) is 23.5. The van der Waals surface area contributed by atoms with E-state index in [9.17, 15) is 9.90 Å². The fourth-order valence-corrected chi connectivity index (χ4v) is 4.77. The van der Waals surface area contributed by atoms with E-state index in [2.05, 4.69) is 23.6 Å². The molecule has 1 saturated carbocycles. The monoisotopic (exact) mass is 332 g/mol. The summed E-state index contributed by atoms with van der Waals surface area (Å²) < 4.78 is 2.18. The Morgan fingerprint density at radius 2 is 2.09 bits per heavy atom. The van der Waals surface area contributed by atoms with E-state index in [-0.39, 0.29) is 6.04 Å². The standard InChI is InChI=1S/C18H21ClN2O2/c1-20-9-6-12-13-10-11(19)4-5-14(13)21(2)15(12)16(20)18(17(22)23)7-3-8-18/h4-5,10,16H,3,6-9H2,1-2H3,(H,22,23). The van der Waals surface area contributed by atoms with E-state index < -0.39 is 11.4 Å². The molecule has 1 fully saturated rings. The van der Waals surface area contributed by atoms with Gasteiger partial charge in [0.15, 0.2) is 0 Å².